The van der Waals surface area contributed by atoms with E-state index >= 15 is 0 Å². The topological polar surface area (TPSA) is 237 Å². The van der Waals surface area contributed by atoms with E-state index in [0.717, 1.165) is 120 Å². The quantitative estimate of drug-likeness (QED) is 0.0222. The molecule has 0 aliphatic heterocycles. The normalized spacial score (nSPS) is 15.5. The maximum absolute atomic E-state index is 12.9. The summed E-state index contributed by atoms with van der Waals surface area (Å²) in [4.78, 5) is 72.1. The molecule has 8 atom stereocenters. The van der Waals surface area contributed by atoms with Gasteiger partial charge >= 0.3 is 39.5 Å². The lowest BCUT2D eigenvalue weighted by molar-refractivity contribution is -0.161. The van der Waals surface area contributed by atoms with E-state index in [1.807, 2.05) is 0 Å². The molecule has 0 aromatic rings. The number of phosphoric acid groups is 2. The van der Waals surface area contributed by atoms with Gasteiger partial charge in [-0.15, -0.1) is 0 Å². The summed E-state index contributed by atoms with van der Waals surface area (Å²) in [5.74, 6) is 0.753. The Labute approximate surface area is 492 Å². The van der Waals surface area contributed by atoms with Crippen LogP contribution >= 0.6 is 15.6 Å². The number of hydrogen-bond acceptors (Lipinski definition) is 15. The number of carbonyl (C=O) groups is 4. The van der Waals surface area contributed by atoms with Crippen molar-refractivity contribution in [1.82, 2.24) is 0 Å². The van der Waals surface area contributed by atoms with Crippen molar-refractivity contribution in [2.75, 3.05) is 39.6 Å². The molecule has 0 heterocycles. The molecule has 0 amide bonds. The zero-order valence-corrected chi connectivity index (χ0v) is 54.2. The van der Waals surface area contributed by atoms with Gasteiger partial charge < -0.3 is 33.8 Å². The molecule has 0 aliphatic carbocycles. The van der Waals surface area contributed by atoms with E-state index in [1.54, 1.807) is 0 Å². The van der Waals surface area contributed by atoms with Crippen LogP contribution in [0.3, 0.4) is 0 Å². The largest absolute Gasteiger partial charge is 0.472 e. The molecule has 0 aromatic carbocycles. The smallest absolute Gasteiger partial charge is 0.462 e. The van der Waals surface area contributed by atoms with Crippen LogP contribution in [0.25, 0.3) is 0 Å². The molecule has 0 saturated heterocycles. The molecule has 5 unspecified atom stereocenters. The van der Waals surface area contributed by atoms with Crippen molar-refractivity contribution in [2.24, 2.45) is 23.7 Å². The van der Waals surface area contributed by atoms with Gasteiger partial charge in [-0.25, -0.2) is 9.13 Å². The average Bonchev–Trinajstić information content (AvgIpc) is 3.44. The van der Waals surface area contributed by atoms with Gasteiger partial charge in [-0.3, -0.25) is 37.3 Å². The standard InChI is InChI=1S/C62H120O17P2/c1-9-53(6)39-31-23-14-12-13-15-28-36-44-61(66)78-57(48-72-59(64)42-34-26-19-16-22-30-38-52(4)5)50-76-80(68,69)74-46-56(63)47-75-81(70,71)77-51-58(79-62(67)45-37-29-21-18-25-33-41-55(8)11-3)49-73-60(65)43-35-27-20-17-24-32-40-54(7)10-2/h52-58,63H,9-51H2,1-8H3,(H,68,69)(H,70,71)/t53?,54?,55?,56-,57-,58-/m1/s1. The van der Waals surface area contributed by atoms with Gasteiger partial charge in [-0.2, -0.15) is 0 Å². The molecule has 0 aliphatic rings. The van der Waals surface area contributed by atoms with Crippen LogP contribution in [0.15, 0.2) is 0 Å². The first-order chi connectivity index (χ1) is 38.7. The zero-order valence-electron chi connectivity index (χ0n) is 52.4. The van der Waals surface area contributed by atoms with Gasteiger partial charge in [0.25, 0.3) is 0 Å². The third-order valence-electron chi connectivity index (χ3n) is 15.2. The second kappa shape index (κ2) is 52.4. The second-order valence-electron chi connectivity index (χ2n) is 23.6. The number of rotatable bonds is 59. The predicted octanol–water partition coefficient (Wildman–Crippen LogP) is 16.6. The van der Waals surface area contributed by atoms with Crippen molar-refractivity contribution in [3.8, 4) is 0 Å². The number of aliphatic hydroxyl groups is 1. The first kappa shape index (κ1) is 79.1. The average molecular weight is 1200 g/mol. The third kappa shape index (κ3) is 53.3. The van der Waals surface area contributed by atoms with Crippen LogP contribution in [0, 0.1) is 23.7 Å². The summed E-state index contributed by atoms with van der Waals surface area (Å²) < 4.78 is 67.9. The molecule has 3 N–H and O–H groups in total. The number of esters is 4. The van der Waals surface area contributed by atoms with Gasteiger partial charge in [-0.05, 0) is 49.4 Å². The maximum atomic E-state index is 12.9. The van der Waals surface area contributed by atoms with Gasteiger partial charge in [0, 0.05) is 25.7 Å². The molecule has 0 fully saturated rings. The van der Waals surface area contributed by atoms with Crippen LogP contribution in [0.2, 0.25) is 0 Å². The monoisotopic (exact) mass is 1200 g/mol. The molecular weight excluding hydrogens is 1080 g/mol. The number of unbranched alkanes of at least 4 members (excludes halogenated alkanes) is 22. The van der Waals surface area contributed by atoms with Crippen molar-refractivity contribution in [3.63, 3.8) is 0 Å². The summed E-state index contributed by atoms with van der Waals surface area (Å²) in [5.41, 5.74) is 0. The maximum Gasteiger partial charge on any atom is 0.472 e. The molecule has 81 heavy (non-hydrogen) atoms. The number of hydrogen-bond donors (Lipinski definition) is 3. The summed E-state index contributed by atoms with van der Waals surface area (Å²) in [5, 5.41) is 10.5. The number of phosphoric ester groups is 2. The van der Waals surface area contributed by atoms with Crippen LogP contribution in [-0.2, 0) is 65.4 Å². The molecule has 0 spiro atoms. The van der Waals surface area contributed by atoms with Gasteiger partial charge in [0.05, 0.1) is 26.4 Å². The lowest BCUT2D eigenvalue weighted by Crippen LogP contribution is -2.30. The van der Waals surface area contributed by atoms with E-state index in [0.29, 0.717) is 31.6 Å². The van der Waals surface area contributed by atoms with Gasteiger partial charge in [0.1, 0.15) is 19.3 Å². The lowest BCUT2D eigenvalue weighted by atomic mass is 9.99. The number of aliphatic hydroxyl groups excluding tert-OH is 1. The van der Waals surface area contributed by atoms with Gasteiger partial charge in [0.15, 0.2) is 12.2 Å². The minimum absolute atomic E-state index is 0.101. The Morgan fingerprint density at radius 1 is 0.346 bits per heavy atom. The van der Waals surface area contributed by atoms with Gasteiger partial charge in [0.2, 0.25) is 0 Å². The Morgan fingerprint density at radius 3 is 0.877 bits per heavy atom. The van der Waals surface area contributed by atoms with Crippen LogP contribution in [-0.4, -0.2) is 96.7 Å². The highest BCUT2D eigenvalue weighted by molar-refractivity contribution is 7.47. The summed E-state index contributed by atoms with van der Waals surface area (Å²) >= 11 is 0. The molecule has 0 rings (SSSR count). The molecule has 0 bridgehead atoms. The summed E-state index contributed by atoms with van der Waals surface area (Å²) in [6, 6.07) is 0. The van der Waals surface area contributed by atoms with Crippen LogP contribution < -0.4 is 0 Å². The van der Waals surface area contributed by atoms with E-state index in [1.165, 1.54) is 83.5 Å². The minimum atomic E-state index is -4.94. The second-order valence-corrected chi connectivity index (χ2v) is 26.6. The number of ether oxygens (including phenoxy) is 4. The molecular formula is C62H120O17P2. The number of carbonyl (C=O) groups excluding carboxylic acids is 4. The first-order valence-electron chi connectivity index (χ1n) is 32.3. The highest BCUT2D eigenvalue weighted by atomic mass is 31.2. The minimum Gasteiger partial charge on any atom is -0.462 e. The Kier molecular flexibility index (Phi) is 51.1. The van der Waals surface area contributed by atoms with Crippen molar-refractivity contribution in [1.29, 1.82) is 0 Å². The van der Waals surface area contributed by atoms with Crippen molar-refractivity contribution in [2.45, 2.75) is 311 Å². The fourth-order valence-electron chi connectivity index (χ4n) is 8.98. The molecule has 480 valence electrons. The van der Waals surface area contributed by atoms with Crippen LogP contribution in [0.4, 0.5) is 0 Å². The summed E-state index contributed by atoms with van der Waals surface area (Å²) in [6.07, 6.45) is 30.9. The molecule has 17 nitrogen and oxygen atoms in total. The van der Waals surface area contributed by atoms with E-state index in [-0.39, 0.29) is 25.7 Å². The fraction of sp³-hybridized carbons (Fsp3) is 0.935. The Balaban J connectivity index is 5.27. The fourth-order valence-corrected chi connectivity index (χ4v) is 10.6. The van der Waals surface area contributed by atoms with E-state index in [4.69, 9.17) is 37.0 Å². The Bertz CT molecular complexity index is 1630. The zero-order chi connectivity index (χ0) is 60.4. The molecule has 0 saturated carbocycles. The highest BCUT2D eigenvalue weighted by Crippen LogP contribution is 2.45. The highest BCUT2D eigenvalue weighted by Gasteiger charge is 2.30. The van der Waals surface area contributed by atoms with Crippen LogP contribution in [0.1, 0.15) is 293 Å². The van der Waals surface area contributed by atoms with Crippen molar-refractivity contribution in [3.05, 3.63) is 0 Å². The van der Waals surface area contributed by atoms with Gasteiger partial charge in [-0.1, -0.05) is 242 Å². The molecule has 19 heteroatoms. The first-order valence-corrected chi connectivity index (χ1v) is 35.3. The van der Waals surface area contributed by atoms with Crippen LogP contribution in [0.5, 0.6) is 0 Å². The summed E-state index contributed by atoms with van der Waals surface area (Å²) in [6.45, 7) is 13.9. The molecule has 0 radical (unpaired) electrons. The summed E-state index contributed by atoms with van der Waals surface area (Å²) in [7, 11) is -9.89. The SMILES string of the molecule is CCC(C)CCCCCCCCCCC(=O)O[C@H](COC(=O)CCCCCCCCC(C)C)COP(=O)(O)OC[C@@H](O)COP(=O)(O)OC[C@@H](COC(=O)CCCCCCCCC(C)CC)OC(=O)CCCCCCCCC(C)CC. The Hall–Kier alpha value is -1.94. The third-order valence-corrected chi connectivity index (χ3v) is 17.1. The lowest BCUT2D eigenvalue weighted by Gasteiger charge is -2.21. The Morgan fingerprint density at radius 2 is 0.593 bits per heavy atom. The van der Waals surface area contributed by atoms with Crippen molar-refractivity contribution < 1.29 is 80.2 Å². The van der Waals surface area contributed by atoms with Crippen molar-refractivity contribution >= 4 is 39.5 Å². The van der Waals surface area contributed by atoms with E-state index in [2.05, 4.69) is 55.4 Å². The van der Waals surface area contributed by atoms with E-state index < -0.39 is 97.5 Å². The van der Waals surface area contributed by atoms with E-state index in [9.17, 15) is 43.2 Å². The predicted molar refractivity (Wildman–Crippen MR) is 321 cm³/mol. The molecule has 0 aromatic heterocycles.